The van der Waals surface area contributed by atoms with E-state index in [1.165, 1.54) is 0 Å². The number of nitrogens with one attached hydrogen (secondary N) is 1. The molecule has 5 heteroatoms. The standard InChI is InChI=1S/C20H20N4O/c1-24(15-16-6-3-2-4-7-16)20(25)19-12-18(9-11-22-19)23-14-17-8-5-10-21-13-17/h2-13H,14-15H2,1H3,(H,22,23). The summed E-state index contributed by atoms with van der Waals surface area (Å²) in [5.41, 5.74) is 3.45. The summed E-state index contributed by atoms with van der Waals surface area (Å²) in [6.07, 6.45) is 5.21. The largest absolute Gasteiger partial charge is 0.381 e. The van der Waals surface area contributed by atoms with Gasteiger partial charge in [0.2, 0.25) is 0 Å². The highest BCUT2D eigenvalue weighted by Crippen LogP contribution is 2.12. The predicted octanol–water partition coefficient (Wildman–Crippen LogP) is 3.36. The average molecular weight is 332 g/mol. The van der Waals surface area contributed by atoms with E-state index in [9.17, 15) is 4.79 Å². The lowest BCUT2D eigenvalue weighted by Crippen LogP contribution is -2.27. The minimum absolute atomic E-state index is 0.103. The van der Waals surface area contributed by atoms with E-state index in [4.69, 9.17) is 0 Å². The zero-order valence-corrected chi connectivity index (χ0v) is 14.1. The van der Waals surface area contributed by atoms with Crippen LogP contribution < -0.4 is 5.32 Å². The Kier molecular flexibility index (Phi) is 5.36. The van der Waals surface area contributed by atoms with Crippen LogP contribution in [0.5, 0.6) is 0 Å². The molecule has 0 saturated heterocycles. The van der Waals surface area contributed by atoms with Gasteiger partial charge in [0.15, 0.2) is 0 Å². The van der Waals surface area contributed by atoms with E-state index in [1.54, 1.807) is 30.4 Å². The van der Waals surface area contributed by atoms with Crippen molar-refractivity contribution in [2.45, 2.75) is 13.1 Å². The zero-order chi connectivity index (χ0) is 17.5. The van der Waals surface area contributed by atoms with Gasteiger partial charge in [-0.25, -0.2) is 0 Å². The highest BCUT2D eigenvalue weighted by Gasteiger charge is 2.14. The molecular weight excluding hydrogens is 312 g/mol. The van der Waals surface area contributed by atoms with Gasteiger partial charge in [0.1, 0.15) is 5.69 Å². The molecule has 1 N–H and O–H groups in total. The number of carbonyl (C=O) groups is 1. The van der Waals surface area contributed by atoms with E-state index in [0.29, 0.717) is 18.8 Å². The van der Waals surface area contributed by atoms with Crippen LogP contribution in [-0.2, 0) is 13.1 Å². The highest BCUT2D eigenvalue weighted by atomic mass is 16.2. The fraction of sp³-hybridized carbons (Fsp3) is 0.150. The van der Waals surface area contributed by atoms with Gasteiger partial charge in [-0.15, -0.1) is 0 Å². The number of benzene rings is 1. The van der Waals surface area contributed by atoms with Crippen LogP contribution in [0, 0.1) is 0 Å². The molecular formula is C20H20N4O. The minimum atomic E-state index is -0.103. The topological polar surface area (TPSA) is 58.1 Å². The lowest BCUT2D eigenvalue weighted by Gasteiger charge is -2.17. The van der Waals surface area contributed by atoms with Gasteiger partial charge in [-0.1, -0.05) is 36.4 Å². The van der Waals surface area contributed by atoms with Crippen molar-refractivity contribution in [2.75, 3.05) is 12.4 Å². The van der Waals surface area contributed by atoms with Gasteiger partial charge in [-0.05, 0) is 29.3 Å². The number of nitrogens with zero attached hydrogens (tertiary/aromatic N) is 3. The van der Waals surface area contributed by atoms with Gasteiger partial charge in [-0.3, -0.25) is 14.8 Å². The Labute approximate surface area is 147 Å². The minimum Gasteiger partial charge on any atom is -0.381 e. The van der Waals surface area contributed by atoms with E-state index < -0.39 is 0 Å². The fourth-order valence-electron chi connectivity index (χ4n) is 2.49. The number of rotatable bonds is 6. The Morgan fingerprint density at radius 3 is 2.60 bits per heavy atom. The van der Waals surface area contributed by atoms with Crippen LogP contribution in [0.25, 0.3) is 0 Å². The summed E-state index contributed by atoms with van der Waals surface area (Å²) in [7, 11) is 1.78. The third kappa shape index (κ3) is 4.64. The maximum Gasteiger partial charge on any atom is 0.272 e. The Hall–Kier alpha value is -3.21. The van der Waals surface area contributed by atoms with Gasteiger partial charge < -0.3 is 10.2 Å². The van der Waals surface area contributed by atoms with Gasteiger partial charge in [0.05, 0.1) is 0 Å². The summed E-state index contributed by atoms with van der Waals surface area (Å²) in [5, 5.41) is 3.29. The average Bonchev–Trinajstić information content (AvgIpc) is 2.67. The molecule has 5 nitrogen and oxygen atoms in total. The lowest BCUT2D eigenvalue weighted by atomic mass is 10.2. The SMILES string of the molecule is CN(Cc1ccccc1)C(=O)c1cc(NCc2cccnc2)ccn1. The first-order valence-electron chi connectivity index (χ1n) is 8.10. The molecule has 0 bridgehead atoms. The van der Waals surface area contributed by atoms with E-state index in [0.717, 1.165) is 16.8 Å². The van der Waals surface area contributed by atoms with E-state index in [-0.39, 0.29) is 5.91 Å². The molecule has 2 heterocycles. The lowest BCUT2D eigenvalue weighted by molar-refractivity contribution is 0.0779. The van der Waals surface area contributed by atoms with E-state index >= 15 is 0 Å². The number of amides is 1. The molecule has 0 fully saturated rings. The number of hydrogen-bond donors (Lipinski definition) is 1. The number of carbonyl (C=O) groups excluding carboxylic acids is 1. The first kappa shape index (κ1) is 16.6. The molecule has 0 aliphatic carbocycles. The number of hydrogen-bond acceptors (Lipinski definition) is 4. The molecule has 2 aromatic heterocycles. The Bertz CT molecular complexity index is 821. The van der Waals surface area contributed by atoms with Crippen LogP contribution in [0.15, 0.2) is 73.2 Å². The quantitative estimate of drug-likeness (QED) is 0.752. The first-order valence-corrected chi connectivity index (χ1v) is 8.10. The highest BCUT2D eigenvalue weighted by molar-refractivity contribution is 5.92. The predicted molar refractivity (Wildman–Crippen MR) is 98.0 cm³/mol. The Morgan fingerprint density at radius 1 is 1.04 bits per heavy atom. The summed E-state index contributed by atoms with van der Waals surface area (Å²) in [6, 6.07) is 17.4. The molecule has 0 aliphatic rings. The molecule has 1 amide bonds. The summed E-state index contributed by atoms with van der Waals surface area (Å²) < 4.78 is 0. The second kappa shape index (κ2) is 8.06. The Morgan fingerprint density at radius 2 is 1.84 bits per heavy atom. The summed E-state index contributed by atoms with van der Waals surface area (Å²) in [5.74, 6) is -0.103. The Balaban J connectivity index is 1.64. The van der Waals surface area contributed by atoms with Crippen LogP contribution in [0.4, 0.5) is 5.69 Å². The van der Waals surface area contributed by atoms with Crippen molar-refractivity contribution in [2.24, 2.45) is 0 Å². The van der Waals surface area contributed by atoms with Gasteiger partial charge in [-0.2, -0.15) is 0 Å². The summed E-state index contributed by atoms with van der Waals surface area (Å²) in [4.78, 5) is 22.6. The molecule has 25 heavy (non-hydrogen) atoms. The molecule has 0 atom stereocenters. The monoisotopic (exact) mass is 332 g/mol. The number of pyridine rings is 2. The van der Waals surface area contributed by atoms with Crippen LogP contribution in [-0.4, -0.2) is 27.8 Å². The molecule has 0 radical (unpaired) electrons. The molecule has 1 aromatic carbocycles. The fourth-order valence-corrected chi connectivity index (χ4v) is 2.49. The smallest absolute Gasteiger partial charge is 0.272 e. The molecule has 0 saturated carbocycles. The van der Waals surface area contributed by atoms with Crippen molar-refractivity contribution in [3.8, 4) is 0 Å². The molecule has 0 unspecified atom stereocenters. The second-order valence-electron chi connectivity index (χ2n) is 5.79. The van der Waals surface area contributed by atoms with Crippen molar-refractivity contribution >= 4 is 11.6 Å². The van der Waals surface area contributed by atoms with Crippen molar-refractivity contribution in [3.05, 3.63) is 90.0 Å². The summed E-state index contributed by atoms with van der Waals surface area (Å²) in [6.45, 7) is 1.19. The van der Waals surface area contributed by atoms with E-state index in [2.05, 4.69) is 15.3 Å². The normalized spacial score (nSPS) is 10.3. The van der Waals surface area contributed by atoms with Gasteiger partial charge in [0, 0.05) is 44.4 Å². The zero-order valence-electron chi connectivity index (χ0n) is 14.1. The third-order valence-corrected chi connectivity index (χ3v) is 3.81. The second-order valence-corrected chi connectivity index (χ2v) is 5.79. The van der Waals surface area contributed by atoms with Gasteiger partial charge in [0.25, 0.3) is 5.91 Å². The maximum absolute atomic E-state index is 12.6. The van der Waals surface area contributed by atoms with Gasteiger partial charge >= 0.3 is 0 Å². The van der Waals surface area contributed by atoms with Crippen molar-refractivity contribution in [1.29, 1.82) is 0 Å². The molecule has 3 rings (SSSR count). The third-order valence-electron chi connectivity index (χ3n) is 3.81. The van der Waals surface area contributed by atoms with Crippen molar-refractivity contribution < 1.29 is 4.79 Å². The molecule has 0 aliphatic heterocycles. The molecule has 0 spiro atoms. The summed E-state index contributed by atoms with van der Waals surface area (Å²) >= 11 is 0. The number of anilines is 1. The van der Waals surface area contributed by atoms with Crippen LogP contribution in [0.2, 0.25) is 0 Å². The van der Waals surface area contributed by atoms with Crippen molar-refractivity contribution in [1.82, 2.24) is 14.9 Å². The van der Waals surface area contributed by atoms with Crippen LogP contribution in [0.1, 0.15) is 21.6 Å². The van der Waals surface area contributed by atoms with Crippen LogP contribution in [0.3, 0.4) is 0 Å². The first-order chi connectivity index (χ1) is 12.2. The van der Waals surface area contributed by atoms with Crippen molar-refractivity contribution in [3.63, 3.8) is 0 Å². The van der Waals surface area contributed by atoms with Crippen LogP contribution >= 0.6 is 0 Å². The molecule has 3 aromatic rings. The number of aromatic nitrogens is 2. The molecule has 126 valence electrons. The van der Waals surface area contributed by atoms with E-state index in [1.807, 2.05) is 54.7 Å². The maximum atomic E-state index is 12.6.